The molecule has 0 aliphatic heterocycles. The largest absolute Gasteiger partial charge is 0.496 e. The molecule has 0 fully saturated rings. The summed E-state index contributed by atoms with van der Waals surface area (Å²) in [5, 5.41) is 3.50. The van der Waals surface area contributed by atoms with Crippen LogP contribution in [0.25, 0.3) is 0 Å². The van der Waals surface area contributed by atoms with E-state index >= 15 is 0 Å². The molecule has 0 bridgehead atoms. The van der Waals surface area contributed by atoms with E-state index in [-0.39, 0.29) is 12.8 Å². The van der Waals surface area contributed by atoms with Crippen molar-refractivity contribution in [3.05, 3.63) is 62.9 Å². The standard InChI is InChI=1S/C19H27N3O4/c1-15(16-8-4-5-9-17(16)25-2)20-11-6-3-7-13-26-14-22-12-10-18(23)21-19(22)24/h4-5,8-10,12,15,20H,3,6-7,11,13-14H2,1-2H3,(H,21,23,24)/t15-/m1/s1. The molecular weight excluding hydrogens is 334 g/mol. The van der Waals surface area contributed by atoms with Gasteiger partial charge in [0.05, 0.1) is 7.11 Å². The summed E-state index contributed by atoms with van der Waals surface area (Å²) in [7, 11) is 1.69. The van der Waals surface area contributed by atoms with Crippen molar-refractivity contribution in [3.63, 3.8) is 0 Å². The first-order chi connectivity index (χ1) is 12.6. The van der Waals surface area contributed by atoms with Gasteiger partial charge < -0.3 is 14.8 Å². The fourth-order valence-electron chi connectivity index (χ4n) is 2.67. The summed E-state index contributed by atoms with van der Waals surface area (Å²) in [6.07, 6.45) is 4.43. The summed E-state index contributed by atoms with van der Waals surface area (Å²) >= 11 is 0. The summed E-state index contributed by atoms with van der Waals surface area (Å²) in [5.41, 5.74) is 0.304. The van der Waals surface area contributed by atoms with Gasteiger partial charge in [-0.25, -0.2) is 4.79 Å². The molecule has 0 saturated heterocycles. The molecule has 0 saturated carbocycles. The van der Waals surface area contributed by atoms with E-state index in [0.29, 0.717) is 6.61 Å². The molecule has 26 heavy (non-hydrogen) atoms. The van der Waals surface area contributed by atoms with Crippen molar-refractivity contribution in [1.82, 2.24) is 14.9 Å². The Morgan fingerprint density at radius 2 is 1.96 bits per heavy atom. The maximum Gasteiger partial charge on any atom is 0.330 e. The third-order valence-electron chi connectivity index (χ3n) is 4.15. The summed E-state index contributed by atoms with van der Waals surface area (Å²) in [4.78, 5) is 24.6. The van der Waals surface area contributed by atoms with Gasteiger partial charge in [0.2, 0.25) is 0 Å². The highest BCUT2D eigenvalue weighted by molar-refractivity contribution is 5.35. The van der Waals surface area contributed by atoms with E-state index in [1.54, 1.807) is 7.11 Å². The lowest BCUT2D eigenvalue weighted by atomic mass is 10.1. The molecule has 2 N–H and O–H groups in total. The van der Waals surface area contributed by atoms with E-state index in [9.17, 15) is 9.59 Å². The molecule has 0 spiro atoms. The van der Waals surface area contributed by atoms with Crippen LogP contribution in [0, 0.1) is 0 Å². The van der Waals surface area contributed by atoms with Crippen LogP contribution in [0.5, 0.6) is 5.75 Å². The van der Waals surface area contributed by atoms with Crippen molar-refractivity contribution >= 4 is 0 Å². The number of nitrogens with zero attached hydrogens (tertiary/aromatic N) is 1. The number of aromatic amines is 1. The Morgan fingerprint density at radius 1 is 1.15 bits per heavy atom. The lowest BCUT2D eigenvalue weighted by molar-refractivity contribution is 0.0707. The number of para-hydroxylation sites is 1. The molecule has 0 amide bonds. The lowest BCUT2D eigenvalue weighted by Gasteiger charge is -2.17. The Labute approximate surface area is 153 Å². The van der Waals surface area contributed by atoms with Crippen LogP contribution in [-0.2, 0) is 11.5 Å². The average Bonchev–Trinajstić information content (AvgIpc) is 2.65. The Balaban J connectivity index is 1.58. The first kappa shape index (κ1) is 19.9. The second-order valence-corrected chi connectivity index (χ2v) is 6.10. The fraction of sp³-hybridized carbons (Fsp3) is 0.474. The molecule has 1 aromatic carbocycles. The van der Waals surface area contributed by atoms with Gasteiger partial charge in [0.1, 0.15) is 12.5 Å². The Morgan fingerprint density at radius 3 is 2.73 bits per heavy atom. The molecule has 1 heterocycles. The van der Waals surface area contributed by atoms with Gasteiger partial charge in [-0.3, -0.25) is 14.3 Å². The van der Waals surface area contributed by atoms with Gasteiger partial charge in [0.25, 0.3) is 5.56 Å². The number of aromatic nitrogens is 2. The lowest BCUT2D eigenvalue weighted by Crippen LogP contribution is -2.29. The minimum absolute atomic E-state index is 0.151. The van der Waals surface area contributed by atoms with Crippen LogP contribution in [-0.4, -0.2) is 29.8 Å². The van der Waals surface area contributed by atoms with Crippen LogP contribution in [0.1, 0.15) is 37.8 Å². The molecule has 142 valence electrons. The normalized spacial score (nSPS) is 12.1. The quantitative estimate of drug-likeness (QED) is 0.598. The molecule has 0 radical (unpaired) electrons. The minimum Gasteiger partial charge on any atom is -0.496 e. The van der Waals surface area contributed by atoms with Crippen molar-refractivity contribution in [2.45, 2.75) is 39.0 Å². The molecular formula is C19H27N3O4. The zero-order chi connectivity index (χ0) is 18.8. The number of H-pyrrole nitrogens is 1. The molecule has 7 nitrogen and oxygen atoms in total. The number of benzene rings is 1. The highest BCUT2D eigenvalue weighted by Crippen LogP contribution is 2.24. The number of hydrogen-bond donors (Lipinski definition) is 2. The Kier molecular flexibility index (Phi) is 8.11. The molecule has 1 atom stereocenters. The van der Waals surface area contributed by atoms with Crippen molar-refractivity contribution < 1.29 is 9.47 Å². The molecule has 0 unspecified atom stereocenters. The highest BCUT2D eigenvalue weighted by atomic mass is 16.5. The van der Waals surface area contributed by atoms with Crippen LogP contribution in [0.4, 0.5) is 0 Å². The number of hydrogen-bond acceptors (Lipinski definition) is 5. The third-order valence-corrected chi connectivity index (χ3v) is 4.15. The van der Waals surface area contributed by atoms with E-state index in [2.05, 4.69) is 23.3 Å². The third kappa shape index (κ3) is 6.16. The van der Waals surface area contributed by atoms with E-state index in [1.807, 2.05) is 18.2 Å². The minimum atomic E-state index is -0.452. The highest BCUT2D eigenvalue weighted by Gasteiger charge is 2.09. The van der Waals surface area contributed by atoms with Crippen LogP contribution in [0.3, 0.4) is 0 Å². The van der Waals surface area contributed by atoms with Crippen LogP contribution < -0.4 is 21.3 Å². The second kappa shape index (κ2) is 10.6. The number of methoxy groups -OCH3 is 1. The monoisotopic (exact) mass is 361 g/mol. The zero-order valence-corrected chi connectivity index (χ0v) is 15.4. The number of unbranched alkanes of at least 4 members (excludes halogenated alkanes) is 2. The Bertz CT molecular complexity index is 785. The molecule has 0 aliphatic rings. The van der Waals surface area contributed by atoms with Crippen molar-refractivity contribution in [3.8, 4) is 5.75 Å². The molecule has 2 rings (SSSR count). The smallest absolute Gasteiger partial charge is 0.330 e. The van der Waals surface area contributed by atoms with Gasteiger partial charge in [-0.15, -0.1) is 0 Å². The first-order valence-electron chi connectivity index (χ1n) is 8.85. The van der Waals surface area contributed by atoms with Gasteiger partial charge in [0, 0.05) is 30.5 Å². The van der Waals surface area contributed by atoms with Crippen LogP contribution in [0.15, 0.2) is 46.1 Å². The SMILES string of the molecule is COc1ccccc1[C@@H](C)NCCCCCOCn1ccc(=O)[nH]c1=O. The predicted octanol–water partition coefficient (Wildman–Crippen LogP) is 2.04. The number of rotatable bonds is 11. The van der Waals surface area contributed by atoms with E-state index in [4.69, 9.17) is 9.47 Å². The molecule has 0 aliphatic carbocycles. The molecule has 1 aromatic heterocycles. The zero-order valence-electron chi connectivity index (χ0n) is 15.4. The van der Waals surface area contributed by atoms with Crippen molar-refractivity contribution in [2.24, 2.45) is 0 Å². The van der Waals surface area contributed by atoms with Gasteiger partial charge in [-0.1, -0.05) is 18.2 Å². The fourth-order valence-corrected chi connectivity index (χ4v) is 2.67. The average molecular weight is 361 g/mol. The first-order valence-corrected chi connectivity index (χ1v) is 8.85. The van der Waals surface area contributed by atoms with Crippen LogP contribution in [0.2, 0.25) is 0 Å². The van der Waals surface area contributed by atoms with Gasteiger partial charge in [-0.2, -0.15) is 0 Å². The molecule has 7 heteroatoms. The van der Waals surface area contributed by atoms with E-state index in [0.717, 1.165) is 37.1 Å². The van der Waals surface area contributed by atoms with E-state index < -0.39 is 11.2 Å². The number of ether oxygens (including phenoxy) is 2. The van der Waals surface area contributed by atoms with Crippen molar-refractivity contribution in [2.75, 3.05) is 20.3 Å². The van der Waals surface area contributed by atoms with Gasteiger partial charge >= 0.3 is 5.69 Å². The Hall–Kier alpha value is -2.38. The van der Waals surface area contributed by atoms with Gasteiger partial charge in [0.15, 0.2) is 0 Å². The topological polar surface area (TPSA) is 85.3 Å². The van der Waals surface area contributed by atoms with Crippen molar-refractivity contribution in [1.29, 1.82) is 0 Å². The van der Waals surface area contributed by atoms with E-state index in [1.165, 1.54) is 16.8 Å². The van der Waals surface area contributed by atoms with Gasteiger partial charge in [-0.05, 0) is 38.8 Å². The summed E-state index contributed by atoms with van der Waals surface area (Å²) in [6, 6.07) is 9.56. The summed E-state index contributed by atoms with van der Waals surface area (Å²) < 4.78 is 12.2. The summed E-state index contributed by atoms with van der Waals surface area (Å²) in [6.45, 7) is 3.77. The van der Waals surface area contributed by atoms with Crippen LogP contribution >= 0.6 is 0 Å². The number of nitrogens with one attached hydrogen (secondary N) is 2. The molecule has 2 aromatic rings. The maximum absolute atomic E-state index is 11.5. The maximum atomic E-state index is 11.5. The second-order valence-electron chi connectivity index (χ2n) is 6.10. The summed E-state index contributed by atoms with van der Waals surface area (Å²) in [5.74, 6) is 0.901. The predicted molar refractivity (Wildman–Crippen MR) is 101 cm³/mol.